The molecule has 0 bridgehead atoms. The second kappa shape index (κ2) is 11.7. The van der Waals surface area contributed by atoms with Gasteiger partial charge in [-0.15, -0.1) is 0 Å². The van der Waals surface area contributed by atoms with Crippen LogP contribution in [-0.2, 0) is 19.1 Å². The predicted molar refractivity (Wildman–Crippen MR) is 77.5 cm³/mol. The largest absolute Gasteiger partial charge is 0.466 e. The summed E-state index contributed by atoms with van der Waals surface area (Å²) in [7, 11) is 1.81. The minimum absolute atomic E-state index is 0.0408. The molecular formula is C14H28N2O4. The average Bonchev–Trinajstić information content (AvgIpc) is 2.36. The number of carbonyl (C=O) groups is 2. The molecule has 0 atom stereocenters. The van der Waals surface area contributed by atoms with Gasteiger partial charge in [0.05, 0.1) is 25.7 Å². The molecule has 118 valence electrons. The molecule has 0 saturated heterocycles. The monoisotopic (exact) mass is 288 g/mol. The van der Waals surface area contributed by atoms with Gasteiger partial charge in [0, 0.05) is 19.7 Å². The highest BCUT2D eigenvalue weighted by Gasteiger charge is 2.08. The SMILES string of the molecule is CCOC(=O)CCN(C)CC(=O)NCCCOC(C)C. The molecule has 0 radical (unpaired) electrons. The number of likely N-dealkylation sites (N-methyl/N-ethyl adjacent to an activating group) is 1. The molecule has 1 amide bonds. The number of esters is 1. The van der Waals surface area contributed by atoms with Gasteiger partial charge in [-0.05, 0) is 34.2 Å². The van der Waals surface area contributed by atoms with E-state index in [2.05, 4.69) is 5.32 Å². The summed E-state index contributed by atoms with van der Waals surface area (Å²) in [5.41, 5.74) is 0. The van der Waals surface area contributed by atoms with Crippen molar-refractivity contribution in [3.05, 3.63) is 0 Å². The van der Waals surface area contributed by atoms with E-state index in [4.69, 9.17) is 9.47 Å². The van der Waals surface area contributed by atoms with Crippen LogP contribution in [0.25, 0.3) is 0 Å². The summed E-state index contributed by atoms with van der Waals surface area (Å²) in [5, 5.41) is 2.82. The summed E-state index contributed by atoms with van der Waals surface area (Å²) in [6, 6.07) is 0. The van der Waals surface area contributed by atoms with Crippen molar-refractivity contribution in [2.75, 3.05) is 39.9 Å². The summed E-state index contributed by atoms with van der Waals surface area (Å²) >= 11 is 0. The molecule has 0 aliphatic heterocycles. The van der Waals surface area contributed by atoms with Crippen LogP contribution in [0.3, 0.4) is 0 Å². The first-order valence-corrected chi connectivity index (χ1v) is 7.18. The van der Waals surface area contributed by atoms with Crippen LogP contribution in [0.1, 0.15) is 33.6 Å². The first-order valence-electron chi connectivity index (χ1n) is 7.18. The molecule has 0 spiro atoms. The van der Waals surface area contributed by atoms with Crippen molar-refractivity contribution in [2.24, 2.45) is 0 Å². The molecule has 0 saturated carbocycles. The maximum atomic E-state index is 11.6. The number of hydrogen-bond donors (Lipinski definition) is 1. The fraction of sp³-hybridized carbons (Fsp3) is 0.857. The van der Waals surface area contributed by atoms with Gasteiger partial charge in [0.15, 0.2) is 0 Å². The number of rotatable bonds is 11. The molecule has 0 aromatic carbocycles. The van der Waals surface area contributed by atoms with E-state index in [0.29, 0.717) is 32.7 Å². The Morgan fingerprint density at radius 1 is 1.30 bits per heavy atom. The lowest BCUT2D eigenvalue weighted by Crippen LogP contribution is -2.36. The Balaban J connectivity index is 3.57. The zero-order valence-corrected chi connectivity index (χ0v) is 13.1. The van der Waals surface area contributed by atoms with Crippen LogP contribution in [0.4, 0.5) is 0 Å². The second-order valence-corrected chi connectivity index (χ2v) is 4.92. The van der Waals surface area contributed by atoms with E-state index in [9.17, 15) is 9.59 Å². The molecule has 0 rings (SSSR count). The van der Waals surface area contributed by atoms with Gasteiger partial charge in [-0.1, -0.05) is 0 Å². The second-order valence-electron chi connectivity index (χ2n) is 4.92. The first kappa shape index (κ1) is 18.9. The van der Waals surface area contributed by atoms with Crippen molar-refractivity contribution in [3.8, 4) is 0 Å². The third-order valence-corrected chi connectivity index (χ3v) is 2.51. The highest BCUT2D eigenvalue weighted by atomic mass is 16.5. The quantitative estimate of drug-likeness (QED) is 0.450. The summed E-state index contributed by atoms with van der Waals surface area (Å²) in [6.07, 6.45) is 1.33. The molecule has 6 heteroatoms. The molecule has 0 unspecified atom stereocenters. The zero-order valence-electron chi connectivity index (χ0n) is 13.1. The van der Waals surface area contributed by atoms with Crippen molar-refractivity contribution in [3.63, 3.8) is 0 Å². The third kappa shape index (κ3) is 11.9. The lowest BCUT2D eigenvalue weighted by atomic mass is 10.3. The molecule has 0 heterocycles. The molecule has 6 nitrogen and oxygen atoms in total. The molecule has 1 N–H and O–H groups in total. The Hall–Kier alpha value is -1.14. The average molecular weight is 288 g/mol. The Morgan fingerprint density at radius 3 is 2.60 bits per heavy atom. The van der Waals surface area contributed by atoms with Gasteiger partial charge < -0.3 is 14.8 Å². The first-order chi connectivity index (χ1) is 9.45. The van der Waals surface area contributed by atoms with Crippen molar-refractivity contribution >= 4 is 11.9 Å². The van der Waals surface area contributed by atoms with Crippen molar-refractivity contribution in [2.45, 2.75) is 39.7 Å². The van der Waals surface area contributed by atoms with E-state index in [-0.39, 0.29) is 24.5 Å². The van der Waals surface area contributed by atoms with Crippen LogP contribution < -0.4 is 5.32 Å². The lowest BCUT2D eigenvalue weighted by molar-refractivity contribution is -0.143. The van der Waals surface area contributed by atoms with Gasteiger partial charge >= 0.3 is 5.97 Å². The van der Waals surface area contributed by atoms with Crippen molar-refractivity contribution in [1.29, 1.82) is 0 Å². The van der Waals surface area contributed by atoms with Crippen LogP contribution in [0.15, 0.2) is 0 Å². The summed E-state index contributed by atoms with van der Waals surface area (Å²) in [4.78, 5) is 24.6. The minimum Gasteiger partial charge on any atom is -0.466 e. The standard InChI is InChI=1S/C14H28N2O4/c1-5-19-14(18)7-9-16(4)11-13(17)15-8-6-10-20-12(2)3/h12H,5-11H2,1-4H3,(H,15,17). The number of nitrogens with zero attached hydrogens (tertiary/aromatic N) is 1. The van der Waals surface area contributed by atoms with Gasteiger partial charge in [-0.3, -0.25) is 14.5 Å². The Bertz CT molecular complexity index is 282. The summed E-state index contributed by atoms with van der Waals surface area (Å²) in [6.45, 7) is 8.19. The van der Waals surface area contributed by atoms with E-state index in [1.165, 1.54) is 0 Å². The van der Waals surface area contributed by atoms with Crippen LogP contribution in [0.5, 0.6) is 0 Å². The van der Waals surface area contributed by atoms with E-state index in [1.807, 2.05) is 13.8 Å². The molecule has 0 aliphatic carbocycles. The predicted octanol–water partition coefficient (Wildman–Crippen LogP) is 0.803. The summed E-state index contributed by atoms with van der Waals surface area (Å²) < 4.78 is 10.2. The van der Waals surface area contributed by atoms with Crippen LogP contribution >= 0.6 is 0 Å². The molecule has 20 heavy (non-hydrogen) atoms. The van der Waals surface area contributed by atoms with Crippen molar-refractivity contribution in [1.82, 2.24) is 10.2 Å². The maximum Gasteiger partial charge on any atom is 0.307 e. The Kier molecular flexibility index (Phi) is 11.0. The number of carbonyl (C=O) groups excluding carboxylic acids is 2. The van der Waals surface area contributed by atoms with E-state index in [1.54, 1.807) is 18.9 Å². The maximum absolute atomic E-state index is 11.6. The number of nitrogens with one attached hydrogen (secondary N) is 1. The van der Waals surface area contributed by atoms with Crippen LogP contribution in [0.2, 0.25) is 0 Å². The fourth-order valence-corrected chi connectivity index (χ4v) is 1.51. The molecule has 0 aliphatic rings. The van der Waals surface area contributed by atoms with Crippen LogP contribution in [-0.4, -0.2) is 62.8 Å². The number of hydrogen-bond acceptors (Lipinski definition) is 5. The van der Waals surface area contributed by atoms with E-state index < -0.39 is 0 Å². The van der Waals surface area contributed by atoms with Crippen molar-refractivity contribution < 1.29 is 19.1 Å². The van der Waals surface area contributed by atoms with Gasteiger partial charge in [0.1, 0.15) is 0 Å². The Morgan fingerprint density at radius 2 is 2.00 bits per heavy atom. The molecular weight excluding hydrogens is 260 g/mol. The topological polar surface area (TPSA) is 67.9 Å². The van der Waals surface area contributed by atoms with Gasteiger partial charge in [-0.2, -0.15) is 0 Å². The van der Waals surface area contributed by atoms with E-state index >= 15 is 0 Å². The normalized spacial score (nSPS) is 10.9. The van der Waals surface area contributed by atoms with Gasteiger partial charge in [0.25, 0.3) is 0 Å². The highest BCUT2D eigenvalue weighted by Crippen LogP contribution is 1.92. The molecule has 0 fully saturated rings. The van der Waals surface area contributed by atoms with E-state index in [0.717, 1.165) is 6.42 Å². The Labute approximate surface area is 121 Å². The smallest absolute Gasteiger partial charge is 0.307 e. The zero-order chi connectivity index (χ0) is 15.4. The van der Waals surface area contributed by atoms with Gasteiger partial charge in [0.2, 0.25) is 5.91 Å². The minimum atomic E-state index is -0.231. The fourth-order valence-electron chi connectivity index (χ4n) is 1.51. The summed E-state index contributed by atoms with van der Waals surface area (Å²) in [5.74, 6) is -0.272. The third-order valence-electron chi connectivity index (χ3n) is 2.51. The van der Waals surface area contributed by atoms with Crippen LogP contribution in [0, 0.1) is 0 Å². The van der Waals surface area contributed by atoms with Gasteiger partial charge in [-0.25, -0.2) is 0 Å². The number of ether oxygens (including phenoxy) is 2. The number of amides is 1. The molecule has 0 aromatic heterocycles. The lowest BCUT2D eigenvalue weighted by Gasteiger charge is -2.15. The molecule has 0 aromatic rings. The highest BCUT2D eigenvalue weighted by molar-refractivity contribution is 5.78.